The van der Waals surface area contributed by atoms with Crippen molar-refractivity contribution in [3.05, 3.63) is 38.4 Å². The molecular formula is C18H23N3O4S2. The average Bonchev–Trinajstić information content (AvgIpc) is 3.19. The van der Waals surface area contributed by atoms with E-state index < -0.39 is 9.84 Å². The lowest BCUT2D eigenvalue weighted by Crippen LogP contribution is -2.44. The molecular weight excluding hydrogens is 386 g/mol. The fourth-order valence-corrected chi connectivity index (χ4v) is 6.05. The topological polar surface area (TPSA) is 83.7 Å². The molecule has 0 aliphatic carbocycles. The van der Waals surface area contributed by atoms with E-state index in [-0.39, 0.29) is 17.4 Å². The predicted molar refractivity (Wildman–Crippen MR) is 103 cm³/mol. The van der Waals surface area contributed by atoms with Gasteiger partial charge in [0.2, 0.25) is 0 Å². The summed E-state index contributed by atoms with van der Waals surface area (Å²) in [6.07, 6.45) is 0.829. The zero-order valence-corrected chi connectivity index (χ0v) is 17.2. The van der Waals surface area contributed by atoms with Crippen LogP contribution in [0.2, 0.25) is 0 Å². The van der Waals surface area contributed by atoms with Gasteiger partial charge in [0, 0.05) is 48.5 Å². The van der Waals surface area contributed by atoms with Crippen molar-refractivity contribution in [2.45, 2.75) is 33.4 Å². The van der Waals surface area contributed by atoms with Crippen molar-refractivity contribution in [3.63, 3.8) is 0 Å². The first kappa shape index (κ1) is 18.6. The van der Waals surface area contributed by atoms with Crippen LogP contribution >= 0.6 is 11.3 Å². The molecule has 4 rings (SSSR count). The molecule has 0 atom stereocenters. The maximum absolute atomic E-state index is 12.9. The van der Waals surface area contributed by atoms with Gasteiger partial charge < -0.3 is 9.42 Å². The smallest absolute Gasteiger partial charge is 0.255 e. The minimum absolute atomic E-state index is 0.0263. The van der Waals surface area contributed by atoms with Crippen LogP contribution in [-0.2, 0) is 29.3 Å². The summed E-state index contributed by atoms with van der Waals surface area (Å²) in [5.74, 6) is 0.967. The molecule has 146 valence electrons. The number of rotatable bonds is 3. The van der Waals surface area contributed by atoms with Crippen LogP contribution in [0.5, 0.6) is 0 Å². The zero-order chi connectivity index (χ0) is 19.2. The maximum Gasteiger partial charge on any atom is 0.255 e. The quantitative estimate of drug-likeness (QED) is 0.768. The third-order valence-electron chi connectivity index (χ3n) is 5.45. The normalized spacial score (nSPS) is 19.9. The van der Waals surface area contributed by atoms with E-state index in [1.165, 1.54) is 4.88 Å². The molecule has 2 aromatic rings. The molecule has 27 heavy (non-hydrogen) atoms. The predicted octanol–water partition coefficient (Wildman–Crippen LogP) is 1.78. The third kappa shape index (κ3) is 3.68. The molecule has 0 radical (unpaired) electrons. The van der Waals surface area contributed by atoms with Crippen LogP contribution in [-0.4, -0.2) is 60.4 Å². The lowest BCUT2D eigenvalue weighted by atomic mass is 10.0. The number of carbonyl (C=O) groups is 1. The van der Waals surface area contributed by atoms with E-state index in [0.717, 1.165) is 54.2 Å². The molecule has 7 nitrogen and oxygen atoms in total. The van der Waals surface area contributed by atoms with Crippen LogP contribution in [0.4, 0.5) is 0 Å². The number of nitrogens with zero attached hydrogens (tertiary/aromatic N) is 3. The summed E-state index contributed by atoms with van der Waals surface area (Å²) in [7, 11) is -2.99. The van der Waals surface area contributed by atoms with Gasteiger partial charge in [-0.2, -0.15) is 0 Å². The zero-order valence-electron chi connectivity index (χ0n) is 15.5. The number of thiophene rings is 1. The Hall–Kier alpha value is -1.71. The Balaban J connectivity index is 1.46. The Morgan fingerprint density at radius 1 is 1.26 bits per heavy atom. The first-order chi connectivity index (χ1) is 12.8. The van der Waals surface area contributed by atoms with Gasteiger partial charge in [0.05, 0.1) is 22.8 Å². The van der Waals surface area contributed by atoms with E-state index in [2.05, 4.69) is 10.1 Å². The molecule has 0 aromatic carbocycles. The van der Waals surface area contributed by atoms with Gasteiger partial charge >= 0.3 is 0 Å². The second kappa shape index (κ2) is 7.03. The highest BCUT2D eigenvalue weighted by molar-refractivity contribution is 7.91. The Morgan fingerprint density at radius 2 is 2.00 bits per heavy atom. The molecule has 2 aromatic heterocycles. The molecule has 2 aliphatic rings. The summed E-state index contributed by atoms with van der Waals surface area (Å²) in [6, 6.07) is 0. The van der Waals surface area contributed by atoms with E-state index in [0.29, 0.717) is 13.1 Å². The third-order valence-corrected chi connectivity index (χ3v) is 8.07. The summed E-state index contributed by atoms with van der Waals surface area (Å²) >= 11 is 1.62. The van der Waals surface area contributed by atoms with Gasteiger partial charge in [0.1, 0.15) is 5.76 Å². The summed E-state index contributed by atoms with van der Waals surface area (Å²) < 4.78 is 28.5. The fourth-order valence-electron chi connectivity index (χ4n) is 3.73. The Morgan fingerprint density at radius 3 is 2.67 bits per heavy atom. The van der Waals surface area contributed by atoms with Crippen LogP contribution < -0.4 is 0 Å². The molecule has 9 heteroatoms. The first-order valence-electron chi connectivity index (χ1n) is 9.07. The van der Waals surface area contributed by atoms with Gasteiger partial charge in [-0.3, -0.25) is 9.69 Å². The van der Waals surface area contributed by atoms with Crippen LogP contribution in [0.25, 0.3) is 0 Å². The van der Waals surface area contributed by atoms with Crippen LogP contribution in [0.1, 0.15) is 37.8 Å². The van der Waals surface area contributed by atoms with E-state index in [9.17, 15) is 13.2 Å². The van der Waals surface area contributed by atoms with Gasteiger partial charge in [-0.1, -0.05) is 5.16 Å². The Labute approximate surface area is 162 Å². The maximum atomic E-state index is 12.9. The number of aryl methyl sites for hydroxylation is 2. The van der Waals surface area contributed by atoms with Gasteiger partial charge in [-0.15, -0.1) is 11.3 Å². The molecule has 0 bridgehead atoms. The highest BCUT2D eigenvalue weighted by atomic mass is 32.2. The van der Waals surface area contributed by atoms with Crippen molar-refractivity contribution in [2.75, 3.05) is 31.1 Å². The van der Waals surface area contributed by atoms with Gasteiger partial charge in [-0.05, 0) is 25.8 Å². The Kier molecular flexibility index (Phi) is 4.85. The van der Waals surface area contributed by atoms with Crippen LogP contribution in [0.3, 0.4) is 0 Å². The molecule has 1 fully saturated rings. The van der Waals surface area contributed by atoms with Crippen molar-refractivity contribution < 1.29 is 17.7 Å². The molecule has 0 saturated carbocycles. The standard InChI is InChI=1S/C18H23N3O4S2/c1-12-15(13(2)25-19-12)9-20-4-3-14-16(11-26-17(14)10-20)18(22)21-5-7-27(23,24)8-6-21/h11H,3-10H2,1-2H3. The average molecular weight is 410 g/mol. The number of amides is 1. The van der Waals surface area contributed by atoms with Gasteiger partial charge in [0.25, 0.3) is 5.91 Å². The van der Waals surface area contributed by atoms with Crippen molar-refractivity contribution in [1.82, 2.24) is 15.0 Å². The number of aromatic nitrogens is 1. The van der Waals surface area contributed by atoms with Crippen LogP contribution in [0.15, 0.2) is 9.90 Å². The number of carbonyl (C=O) groups excluding carboxylic acids is 1. The summed E-state index contributed by atoms with van der Waals surface area (Å²) in [5, 5.41) is 5.96. The van der Waals surface area contributed by atoms with E-state index in [1.54, 1.807) is 16.2 Å². The number of sulfone groups is 1. The Bertz CT molecular complexity index is 943. The van der Waals surface area contributed by atoms with Crippen molar-refractivity contribution >= 4 is 27.1 Å². The van der Waals surface area contributed by atoms with E-state index in [1.807, 2.05) is 19.2 Å². The number of fused-ring (bicyclic) bond motifs is 1. The fraction of sp³-hybridized carbons (Fsp3) is 0.556. The van der Waals surface area contributed by atoms with Crippen molar-refractivity contribution in [3.8, 4) is 0 Å². The lowest BCUT2D eigenvalue weighted by molar-refractivity contribution is 0.0769. The molecule has 1 amide bonds. The largest absolute Gasteiger partial charge is 0.361 e. The number of hydrogen-bond donors (Lipinski definition) is 0. The highest BCUT2D eigenvalue weighted by Gasteiger charge is 2.30. The van der Waals surface area contributed by atoms with Crippen molar-refractivity contribution in [1.29, 1.82) is 0 Å². The molecule has 0 unspecified atom stereocenters. The summed E-state index contributed by atoms with van der Waals surface area (Å²) in [6.45, 7) is 6.97. The second-order valence-corrected chi connectivity index (χ2v) is 10.5. The molecule has 0 spiro atoms. The minimum Gasteiger partial charge on any atom is -0.361 e. The first-order valence-corrected chi connectivity index (χ1v) is 11.8. The van der Waals surface area contributed by atoms with E-state index in [4.69, 9.17) is 4.52 Å². The monoisotopic (exact) mass is 409 g/mol. The number of hydrogen-bond acceptors (Lipinski definition) is 7. The lowest BCUT2D eigenvalue weighted by Gasteiger charge is -2.29. The SMILES string of the molecule is Cc1noc(C)c1CN1CCc2c(C(=O)N3CCS(=O)(=O)CC3)csc2C1. The minimum atomic E-state index is -2.99. The van der Waals surface area contributed by atoms with Crippen LogP contribution in [0, 0.1) is 13.8 Å². The van der Waals surface area contributed by atoms with E-state index >= 15 is 0 Å². The molecule has 2 aliphatic heterocycles. The molecule has 4 heterocycles. The van der Waals surface area contributed by atoms with Gasteiger partial charge in [-0.25, -0.2) is 8.42 Å². The molecule has 1 saturated heterocycles. The molecule has 0 N–H and O–H groups in total. The summed E-state index contributed by atoms with van der Waals surface area (Å²) in [5.41, 5.74) is 3.96. The highest BCUT2D eigenvalue weighted by Crippen LogP contribution is 2.31. The second-order valence-electron chi connectivity index (χ2n) is 7.26. The summed E-state index contributed by atoms with van der Waals surface area (Å²) in [4.78, 5) is 18.1. The van der Waals surface area contributed by atoms with Gasteiger partial charge in [0.15, 0.2) is 9.84 Å². The van der Waals surface area contributed by atoms with Crippen molar-refractivity contribution in [2.24, 2.45) is 0 Å².